The Morgan fingerprint density at radius 1 is 1.22 bits per heavy atom. The van der Waals surface area contributed by atoms with Gasteiger partial charge in [-0.15, -0.1) is 0 Å². The third kappa shape index (κ3) is 4.39. The van der Waals surface area contributed by atoms with Gasteiger partial charge in [0.15, 0.2) is 0 Å². The van der Waals surface area contributed by atoms with E-state index in [-0.39, 0.29) is 18.8 Å². The SMILES string of the molecule is CCOC(=O)Cn1ccc(=S)n(Cc2cc(C)cc(C)c2)c1=O. The fourth-order valence-corrected chi connectivity index (χ4v) is 2.71. The smallest absolute Gasteiger partial charge is 0.329 e. The van der Waals surface area contributed by atoms with Crippen LogP contribution in [0.15, 0.2) is 35.3 Å². The van der Waals surface area contributed by atoms with E-state index >= 15 is 0 Å². The molecule has 122 valence electrons. The summed E-state index contributed by atoms with van der Waals surface area (Å²) in [5.74, 6) is -0.440. The number of benzene rings is 1. The molecule has 2 rings (SSSR count). The van der Waals surface area contributed by atoms with E-state index in [9.17, 15) is 9.59 Å². The lowest BCUT2D eigenvalue weighted by Gasteiger charge is -2.11. The van der Waals surface area contributed by atoms with Gasteiger partial charge in [-0.05, 0) is 32.4 Å². The quantitative estimate of drug-likeness (QED) is 0.624. The maximum absolute atomic E-state index is 12.6. The van der Waals surface area contributed by atoms with Crippen LogP contribution < -0.4 is 5.69 Å². The van der Waals surface area contributed by atoms with Crippen LogP contribution in [0.1, 0.15) is 23.6 Å². The molecule has 2 aromatic rings. The zero-order valence-electron chi connectivity index (χ0n) is 13.5. The minimum Gasteiger partial charge on any atom is -0.465 e. The van der Waals surface area contributed by atoms with Crippen molar-refractivity contribution >= 4 is 18.2 Å². The molecule has 0 aliphatic carbocycles. The fourth-order valence-electron chi connectivity index (χ4n) is 2.51. The lowest BCUT2D eigenvalue weighted by molar-refractivity contribution is -0.143. The number of ether oxygens (including phenoxy) is 1. The molecule has 0 spiro atoms. The third-order valence-corrected chi connectivity index (χ3v) is 3.72. The van der Waals surface area contributed by atoms with Gasteiger partial charge < -0.3 is 4.74 Å². The number of carbonyl (C=O) groups excluding carboxylic acids is 1. The van der Waals surface area contributed by atoms with Crippen LogP contribution in [0.3, 0.4) is 0 Å². The van der Waals surface area contributed by atoms with Crippen LogP contribution in [0.25, 0.3) is 0 Å². The zero-order chi connectivity index (χ0) is 17.0. The maximum Gasteiger partial charge on any atom is 0.329 e. The topological polar surface area (TPSA) is 53.2 Å². The van der Waals surface area contributed by atoms with Gasteiger partial charge in [-0.25, -0.2) is 4.79 Å². The molecule has 0 saturated carbocycles. The van der Waals surface area contributed by atoms with Crippen molar-refractivity contribution in [3.63, 3.8) is 0 Å². The van der Waals surface area contributed by atoms with Crippen molar-refractivity contribution in [3.05, 3.63) is 62.3 Å². The summed E-state index contributed by atoms with van der Waals surface area (Å²) in [6.07, 6.45) is 1.53. The van der Waals surface area contributed by atoms with Crippen LogP contribution in [-0.2, 0) is 22.6 Å². The second-order valence-corrected chi connectivity index (χ2v) is 5.87. The monoisotopic (exact) mass is 332 g/mol. The van der Waals surface area contributed by atoms with Crippen LogP contribution in [0.5, 0.6) is 0 Å². The zero-order valence-corrected chi connectivity index (χ0v) is 14.4. The number of rotatable bonds is 5. The van der Waals surface area contributed by atoms with Crippen LogP contribution >= 0.6 is 12.2 Å². The second-order valence-electron chi connectivity index (χ2n) is 5.45. The van der Waals surface area contributed by atoms with Gasteiger partial charge >= 0.3 is 11.7 Å². The first kappa shape index (κ1) is 17.1. The number of hydrogen-bond donors (Lipinski definition) is 0. The molecule has 23 heavy (non-hydrogen) atoms. The molecule has 0 radical (unpaired) electrons. The number of aryl methyl sites for hydroxylation is 2. The summed E-state index contributed by atoms with van der Waals surface area (Å²) >= 11 is 5.26. The Labute approximate surface area is 140 Å². The van der Waals surface area contributed by atoms with Crippen LogP contribution in [0.4, 0.5) is 0 Å². The molecular formula is C17H20N2O3S. The molecule has 0 bridgehead atoms. The fraction of sp³-hybridized carbons (Fsp3) is 0.353. The molecule has 0 saturated heterocycles. The van der Waals surface area contributed by atoms with Gasteiger partial charge in [-0.2, -0.15) is 0 Å². The molecule has 0 amide bonds. The highest BCUT2D eigenvalue weighted by molar-refractivity contribution is 7.71. The maximum atomic E-state index is 12.6. The highest BCUT2D eigenvalue weighted by Gasteiger charge is 2.09. The first-order chi connectivity index (χ1) is 10.9. The van der Waals surface area contributed by atoms with E-state index in [1.807, 2.05) is 26.0 Å². The molecule has 0 N–H and O–H groups in total. The summed E-state index contributed by atoms with van der Waals surface area (Å²) in [5, 5.41) is 0. The molecule has 6 heteroatoms. The van der Waals surface area contributed by atoms with Crippen molar-refractivity contribution in [2.45, 2.75) is 33.9 Å². The molecule has 1 heterocycles. The average molecular weight is 332 g/mol. The summed E-state index contributed by atoms with van der Waals surface area (Å²) < 4.78 is 8.13. The minimum atomic E-state index is -0.440. The molecule has 0 aliphatic heterocycles. The second kappa shape index (κ2) is 7.37. The van der Waals surface area contributed by atoms with E-state index in [0.29, 0.717) is 11.2 Å². The van der Waals surface area contributed by atoms with Gasteiger partial charge in [0.25, 0.3) is 0 Å². The Balaban J connectivity index is 2.36. The summed E-state index contributed by atoms with van der Waals surface area (Å²) in [5.41, 5.74) is 2.96. The van der Waals surface area contributed by atoms with Crippen LogP contribution in [0, 0.1) is 18.5 Å². The molecule has 0 unspecified atom stereocenters. The molecular weight excluding hydrogens is 312 g/mol. The summed E-state index contributed by atoms with van der Waals surface area (Å²) in [7, 11) is 0. The lowest BCUT2D eigenvalue weighted by Crippen LogP contribution is -2.33. The number of esters is 1. The van der Waals surface area contributed by atoms with Crippen molar-refractivity contribution in [1.82, 2.24) is 9.13 Å². The molecule has 0 aliphatic rings. The van der Waals surface area contributed by atoms with Crippen LogP contribution in [-0.4, -0.2) is 21.7 Å². The molecule has 1 aromatic heterocycles. The first-order valence-corrected chi connectivity index (χ1v) is 7.84. The van der Waals surface area contributed by atoms with E-state index in [1.54, 1.807) is 13.0 Å². The van der Waals surface area contributed by atoms with E-state index in [2.05, 4.69) is 6.07 Å². The molecule has 1 aromatic carbocycles. The third-order valence-electron chi connectivity index (χ3n) is 3.37. The Hall–Kier alpha value is -2.21. The predicted molar refractivity (Wildman–Crippen MR) is 91.2 cm³/mol. The van der Waals surface area contributed by atoms with Crippen molar-refractivity contribution in [2.75, 3.05) is 6.61 Å². The van der Waals surface area contributed by atoms with Crippen molar-refractivity contribution in [2.24, 2.45) is 0 Å². The van der Waals surface area contributed by atoms with Crippen molar-refractivity contribution in [1.29, 1.82) is 0 Å². The Kier molecular flexibility index (Phi) is 5.50. The highest BCUT2D eigenvalue weighted by atomic mass is 32.1. The number of hydrogen-bond acceptors (Lipinski definition) is 4. The highest BCUT2D eigenvalue weighted by Crippen LogP contribution is 2.10. The largest absolute Gasteiger partial charge is 0.465 e. The van der Waals surface area contributed by atoms with Gasteiger partial charge in [0.05, 0.1) is 13.2 Å². The van der Waals surface area contributed by atoms with E-state index in [4.69, 9.17) is 17.0 Å². The van der Waals surface area contributed by atoms with Crippen molar-refractivity contribution < 1.29 is 9.53 Å². The summed E-state index contributed by atoms with van der Waals surface area (Å²) in [6, 6.07) is 7.78. The first-order valence-electron chi connectivity index (χ1n) is 7.43. The lowest BCUT2D eigenvalue weighted by atomic mass is 10.1. The average Bonchev–Trinajstić information content (AvgIpc) is 2.46. The predicted octanol–water partition coefficient (Wildman–Crippen LogP) is 2.61. The Bertz CT molecular complexity index is 816. The van der Waals surface area contributed by atoms with Gasteiger partial charge in [-0.1, -0.05) is 41.5 Å². The standard InChI is InChI=1S/C17H20N2O3S/c1-4-22-16(20)11-18-6-5-15(23)19(17(18)21)10-14-8-12(2)7-13(3)9-14/h5-9H,4,10-11H2,1-3H3. The van der Waals surface area contributed by atoms with Gasteiger partial charge in [0, 0.05) is 6.20 Å². The van der Waals surface area contributed by atoms with Gasteiger partial charge in [-0.3, -0.25) is 13.9 Å². The minimum absolute atomic E-state index is 0.116. The number of nitrogens with zero attached hydrogens (tertiary/aromatic N) is 2. The van der Waals surface area contributed by atoms with Gasteiger partial charge in [0.1, 0.15) is 11.2 Å². The van der Waals surface area contributed by atoms with Crippen molar-refractivity contribution in [3.8, 4) is 0 Å². The van der Waals surface area contributed by atoms with Gasteiger partial charge in [0.2, 0.25) is 0 Å². The Morgan fingerprint density at radius 2 is 1.87 bits per heavy atom. The number of aromatic nitrogens is 2. The van der Waals surface area contributed by atoms with Crippen LogP contribution in [0.2, 0.25) is 0 Å². The van der Waals surface area contributed by atoms with E-state index < -0.39 is 5.97 Å². The normalized spacial score (nSPS) is 10.6. The molecule has 0 fully saturated rings. The van der Waals surface area contributed by atoms with E-state index in [0.717, 1.165) is 16.7 Å². The number of carbonyl (C=O) groups is 1. The summed E-state index contributed by atoms with van der Waals surface area (Å²) in [6.45, 7) is 6.31. The Morgan fingerprint density at radius 3 is 2.48 bits per heavy atom. The van der Waals surface area contributed by atoms with E-state index in [1.165, 1.54) is 15.3 Å². The molecule has 0 atom stereocenters. The summed E-state index contributed by atoms with van der Waals surface area (Å²) in [4.78, 5) is 24.1. The molecule has 5 nitrogen and oxygen atoms in total.